The molecule has 2 amide bonds. The molecular weight excluding hydrogens is 400 g/mol. The molecule has 0 radical (unpaired) electrons. The lowest BCUT2D eigenvalue weighted by atomic mass is 10.2. The summed E-state index contributed by atoms with van der Waals surface area (Å²) in [4.78, 5) is 47.4. The Labute approximate surface area is 172 Å². The SMILES string of the molecule is CN(CC(=O)Nc1ccccc1Cl)C(=O)COC(=O)COc1ccc(C=O)cc1. The number of ether oxygens (including phenoxy) is 2. The predicted octanol–water partition coefficient (Wildman–Crippen LogP) is 2.17. The van der Waals surface area contributed by atoms with E-state index in [4.69, 9.17) is 21.1 Å². The van der Waals surface area contributed by atoms with E-state index in [-0.39, 0.29) is 6.54 Å². The molecule has 0 aliphatic rings. The average molecular weight is 419 g/mol. The molecule has 2 aromatic rings. The zero-order valence-corrected chi connectivity index (χ0v) is 16.3. The molecule has 9 heteroatoms. The van der Waals surface area contributed by atoms with Crippen molar-refractivity contribution in [2.24, 2.45) is 0 Å². The van der Waals surface area contributed by atoms with Crippen LogP contribution in [0.3, 0.4) is 0 Å². The maximum Gasteiger partial charge on any atom is 0.344 e. The third kappa shape index (κ3) is 7.27. The fourth-order valence-electron chi connectivity index (χ4n) is 2.13. The van der Waals surface area contributed by atoms with Crippen molar-refractivity contribution in [3.05, 3.63) is 59.1 Å². The molecule has 0 bridgehead atoms. The summed E-state index contributed by atoms with van der Waals surface area (Å²) in [5.74, 6) is -1.36. The molecule has 0 heterocycles. The summed E-state index contributed by atoms with van der Waals surface area (Å²) in [6, 6.07) is 12.9. The van der Waals surface area contributed by atoms with Crippen molar-refractivity contribution in [2.75, 3.05) is 32.1 Å². The van der Waals surface area contributed by atoms with Gasteiger partial charge in [-0.1, -0.05) is 23.7 Å². The van der Waals surface area contributed by atoms with Crippen LogP contribution in [0, 0.1) is 0 Å². The maximum atomic E-state index is 12.0. The number of esters is 1. The Morgan fingerprint density at radius 2 is 1.76 bits per heavy atom. The lowest BCUT2D eigenvalue weighted by molar-refractivity contribution is -0.153. The van der Waals surface area contributed by atoms with Gasteiger partial charge < -0.3 is 19.7 Å². The number of aldehydes is 1. The van der Waals surface area contributed by atoms with Gasteiger partial charge in [0.25, 0.3) is 5.91 Å². The monoisotopic (exact) mass is 418 g/mol. The largest absolute Gasteiger partial charge is 0.482 e. The summed E-state index contributed by atoms with van der Waals surface area (Å²) in [5.41, 5.74) is 0.914. The Kier molecular flexibility index (Phi) is 8.17. The molecule has 152 valence electrons. The minimum Gasteiger partial charge on any atom is -0.482 e. The quantitative estimate of drug-likeness (QED) is 0.494. The van der Waals surface area contributed by atoms with E-state index in [0.29, 0.717) is 28.3 Å². The molecule has 0 aliphatic heterocycles. The Morgan fingerprint density at radius 3 is 2.41 bits per heavy atom. The highest BCUT2D eigenvalue weighted by molar-refractivity contribution is 6.33. The van der Waals surface area contributed by atoms with E-state index in [9.17, 15) is 19.2 Å². The number of carbonyl (C=O) groups is 4. The normalized spacial score (nSPS) is 10.0. The summed E-state index contributed by atoms with van der Waals surface area (Å²) in [6.07, 6.45) is 0.689. The van der Waals surface area contributed by atoms with Crippen LogP contribution < -0.4 is 10.1 Å². The van der Waals surface area contributed by atoms with Crippen LogP contribution in [0.1, 0.15) is 10.4 Å². The molecule has 0 atom stereocenters. The first kappa shape index (κ1) is 21.9. The number of hydrogen-bond donors (Lipinski definition) is 1. The van der Waals surface area contributed by atoms with Crippen LogP contribution in [-0.2, 0) is 19.1 Å². The lowest BCUT2D eigenvalue weighted by Crippen LogP contribution is -2.37. The molecule has 0 fully saturated rings. The number of rotatable bonds is 9. The third-order valence-electron chi connectivity index (χ3n) is 3.68. The number of benzene rings is 2. The van der Waals surface area contributed by atoms with Crippen molar-refractivity contribution in [1.82, 2.24) is 4.90 Å². The van der Waals surface area contributed by atoms with Crippen LogP contribution in [0.4, 0.5) is 5.69 Å². The Hall–Kier alpha value is -3.39. The molecule has 29 heavy (non-hydrogen) atoms. The fourth-order valence-corrected chi connectivity index (χ4v) is 2.32. The molecule has 0 saturated carbocycles. The highest BCUT2D eigenvalue weighted by Gasteiger charge is 2.16. The topological polar surface area (TPSA) is 102 Å². The van der Waals surface area contributed by atoms with E-state index in [1.807, 2.05) is 0 Å². The Bertz CT molecular complexity index is 885. The molecule has 1 N–H and O–H groups in total. The van der Waals surface area contributed by atoms with Gasteiger partial charge in [0, 0.05) is 12.6 Å². The third-order valence-corrected chi connectivity index (χ3v) is 4.01. The number of nitrogens with zero attached hydrogens (tertiary/aromatic N) is 1. The van der Waals surface area contributed by atoms with E-state index in [2.05, 4.69) is 5.32 Å². The van der Waals surface area contributed by atoms with Crippen molar-refractivity contribution in [3.8, 4) is 5.75 Å². The average Bonchev–Trinajstić information content (AvgIpc) is 2.72. The summed E-state index contributed by atoms with van der Waals surface area (Å²) in [5, 5.41) is 2.97. The molecule has 0 unspecified atom stereocenters. The molecule has 0 aliphatic carbocycles. The van der Waals surface area contributed by atoms with Gasteiger partial charge in [0.2, 0.25) is 5.91 Å². The second-order valence-electron chi connectivity index (χ2n) is 5.91. The Morgan fingerprint density at radius 1 is 1.07 bits per heavy atom. The number of carbonyl (C=O) groups excluding carboxylic acids is 4. The second-order valence-corrected chi connectivity index (χ2v) is 6.32. The van der Waals surface area contributed by atoms with Gasteiger partial charge in [-0.25, -0.2) is 4.79 Å². The molecule has 0 spiro atoms. The molecule has 0 saturated heterocycles. The number of amides is 2. The van der Waals surface area contributed by atoms with Crippen LogP contribution in [-0.4, -0.2) is 55.8 Å². The van der Waals surface area contributed by atoms with Crippen molar-refractivity contribution in [2.45, 2.75) is 0 Å². The summed E-state index contributed by atoms with van der Waals surface area (Å²) in [7, 11) is 1.41. The molecule has 8 nitrogen and oxygen atoms in total. The molecule has 2 rings (SSSR count). The standard InChI is InChI=1S/C20H19ClN2O6/c1-23(10-18(25)22-17-5-3-2-4-16(17)21)19(26)12-29-20(27)13-28-15-8-6-14(11-24)7-9-15/h2-9,11H,10,12-13H2,1H3,(H,22,25). The summed E-state index contributed by atoms with van der Waals surface area (Å²) >= 11 is 5.96. The minimum atomic E-state index is -0.744. The van der Waals surface area contributed by atoms with E-state index in [1.54, 1.807) is 36.4 Å². The van der Waals surface area contributed by atoms with Gasteiger partial charge in [0.15, 0.2) is 13.2 Å². The Balaban J connectivity index is 1.71. The number of anilines is 1. The van der Waals surface area contributed by atoms with Gasteiger partial charge in [-0.2, -0.15) is 0 Å². The zero-order chi connectivity index (χ0) is 21.2. The van der Waals surface area contributed by atoms with Crippen molar-refractivity contribution in [3.63, 3.8) is 0 Å². The maximum absolute atomic E-state index is 12.0. The van der Waals surface area contributed by atoms with Gasteiger partial charge in [0.1, 0.15) is 12.0 Å². The minimum absolute atomic E-state index is 0.235. The fraction of sp³-hybridized carbons (Fsp3) is 0.200. The van der Waals surface area contributed by atoms with E-state index in [1.165, 1.54) is 19.2 Å². The highest BCUT2D eigenvalue weighted by atomic mass is 35.5. The number of halogens is 1. The van der Waals surface area contributed by atoms with Crippen LogP contribution in [0.25, 0.3) is 0 Å². The molecular formula is C20H19ClN2O6. The predicted molar refractivity (Wildman–Crippen MR) is 106 cm³/mol. The lowest BCUT2D eigenvalue weighted by Gasteiger charge is -2.17. The second kappa shape index (κ2) is 10.8. The van der Waals surface area contributed by atoms with Gasteiger partial charge in [-0.3, -0.25) is 14.4 Å². The van der Waals surface area contributed by atoms with Crippen LogP contribution >= 0.6 is 11.6 Å². The van der Waals surface area contributed by atoms with Gasteiger partial charge in [0.05, 0.1) is 17.3 Å². The number of hydrogen-bond acceptors (Lipinski definition) is 6. The summed E-state index contributed by atoms with van der Waals surface area (Å²) in [6.45, 7) is -1.16. The zero-order valence-electron chi connectivity index (χ0n) is 15.6. The van der Waals surface area contributed by atoms with Crippen LogP contribution in [0.15, 0.2) is 48.5 Å². The highest BCUT2D eigenvalue weighted by Crippen LogP contribution is 2.20. The smallest absolute Gasteiger partial charge is 0.344 e. The van der Waals surface area contributed by atoms with Gasteiger partial charge in [-0.05, 0) is 36.4 Å². The first-order valence-electron chi connectivity index (χ1n) is 8.51. The van der Waals surface area contributed by atoms with Crippen molar-refractivity contribution < 1.29 is 28.7 Å². The number of nitrogens with one attached hydrogen (secondary N) is 1. The first-order valence-corrected chi connectivity index (χ1v) is 8.89. The van der Waals surface area contributed by atoms with Crippen molar-refractivity contribution >= 4 is 41.4 Å². The van der Waals surface area contributed by atoms with Gasteiger partial charge >= 0.3 is 5.97 Å². The number of likely N-dealkylation sites (N-methyl/N-ethyl adjacent to an activating group) is 1. The van der Waals surface area contributed by atoms with Crippen LogP contribution in [0.2, 0.25) is 5.02 Å². The number of para-hydroxylation sites is 1. The van der Waals surface area contributed by atoms with Crippen LogP contribution in [0.5, 0.6) is 5.75 Å². The summed E-state index contributed by atoms with van der Waals surface area (Å²) < 4.78 is 10.1. The molecule has 0 aromatic heterocycles. The van der Waals surface area contributed by atoms with E-state index < -0.39 is 31.0 Å². The van der Waals surface area contributed by atoms with Gasteiger partial charge in [-0.15, -0.1) is 0 Å². The van der Waals surface area contributed by atoms with E-state index >= 15 is 0 Å². The molecule has 2 aromatic carbocycles. The van der Waals surface area contributed by atoms with E-state index in [0.717, 1.165) is 4.90 Å². The van der Waals surface area contributed by atoms with Crippen molar-refractivity contribution in [1.29, 1.82) is 0 Å². The first-order chi connectivity index (χ1) is 13.9.